The first-order valence-corrected chi connectivity index (χ1v) is 20.7. The maximum absolute atomic E-state index is 14.5. The van der Waals surface area contributed by atoms with Crippen molar-refractivity contribution in [2.75, 3.05) is 6.61 Å². The Morgan fingerprint density at radius 1 is 0.833 bits per heavy atom. The van der Waals surface area contributed by atoms with Gasteiger partial charge in [-0.2, -0.15) is 0 Å². The van der Waals surface area contributed by atoms with Gasteiger partial charge in [-0.3, -0.25) is 9.69 Å². The Morgan fingerprint density at radius 2 is 1.33 bits per heavy atom. The number of amides is 2. The van der Waals surface area contributed by atoms with Crippen LogP contribution in [-0.4, -0.2) is 56.7 Å². The second kappa shape index (κ2) is 11.9. The van der Waals surface area contributed by atoms with Crippen molar-refractivity contribution in [3.63, 3.8) is 0 Å². The van der Waals surface area contributed by atoms with E-state index < -0.39 is 28.7 Å². The Bertz CT molecular complexity index is 1220. The molecule has 2 amide bonds. The van der Waals surface area contributed by atoms with Gasteiger partial charge in [0.25, 0.3) is 0 Å². The van der Waals surface area contributed by atoms with Crippen molar-refractivity contribution in [1.82, 2.24) is 9.47 Å². The van der Waals surface area contributed by atoms with Crippen LogP contribution >= 0.6 is 0 Å². The van der Waals surface area contributed by atoms with Crippen LogP contribution in [0.2, 0.25) is 34.8 Å². The fourth-order valence-corrected chi connectivity index (χ4v) is 15.3. The highest BCUT2D eigenvalue weighted by atomic mass is 28.4. The Balaban J connectivity index is 1.93. The first-order valence-electron chi connectivity index (χ1n) is 15.6. The fourth-order valence-electron chi connectivity index (χ4n) is 7.37. The highest BCUT2D eigenvalue weighted by Gasteiger charge is 2.65. The average molecular weight is 609 g/mol. The summed E-state index contributed by atoms with van der Waals surface area (Å²) in [6.07, 6.45) is -0.791. The van der Waals surface area contributed by atoms with Crippen LogP contribution in [-0.2, 0) is 14.0 Å². The Morgan fingerprint density at radius 3 is 1.81 bits per heavy atom. The Labute approximate surface area is 256 Å². The lowest BCUT2D eigenvalue weighted by Crippen LogP contribution is -2.80. The van der Waals surface area contributed by atoms with Gasteiger partial charge in [0, 0.05) is 0 Å². The predicted molar refractivity (Wildman–Crippen MR) is 175 cm³/mol. The molecule has 0 saturated carbocycles. The van der Waals surface area contributed by atoms with Crippen molar-refractivity contribution in [3.8, 4) is 0 Å². The summed E-state index contributed by atoms with van der Waals surface area (Å²) in [6, 6.07) is 19.0. The van der Waals surface area contributed by atoms with Gasteiger partial charge >= 0.3 is 6.09 Å². The first-order chi connectivity index (χ1) is 19.6. The van der Waals surface area contributed by atoms with Crippen LogP contribution in [0.25, 0.3) is 0 Å². The maximum Gasteiger partial charge on any atom is 0.411 e. The van der Waals surface area contributed by atoms with E-state index in [-0.39, 0.29) is 35.7 Å². The van der Waals surface area contributed by atoms with E-state index in [0.717, 1.165) is 11.1 Å². The average Bonchev–Trinajstić information content (AvgIpc) is 3.28. The SMILES string of the molecule is CC(C)[Si](O[C@@H](c1ccccc1)[C@H]1[C@H](N2C(=O)OC[C@@H]2c2ccccc2)C(=O)N1[Si](C)(C)C(C)(C)C)(C(C)C)C(C)C. The van der Waals surface area contributed by atoms with Crippen molar-refractivity contribution in [2.24, 2.45) is 0 Å². The molecule has 0 N–H and O–H groups in total. The zero-order valence-electron chi connectivity index (χ0n) is 27.5. The summed E-state index contributed by atoms with van der Waals surface area (Å²) in [7, 11) is -4.78. The van der Waals surface area contributed by atoms with Gasteiger partial charge in [-0.1, -0.05) is 136 Å². The molecule has 0 bridgehead atoms. The summed E-state index contributed by atoms with van der Waals surface area (Å²) >= 11 is 0. The van der Waals surface area contributed by atoms with Crippen molar-refractivity contribution in [2.45, 2.75) is 121 Å². The van der Waals surface area contributed by atoms with E-state index >= 15 is 0 Å². The summed E-state index contributed by atoms with van der Waals surface area (Å²) in [6.45, 7) is 25.3. The smallest absolute Gasteiger partial charge is 0.411 e. The quantitative estimate of drug-likeness (QED) is 0.200. The van der Waals surface area contributed by atoms with E-state index in [2.05, 4.69) is 104 Å². The van der Waals surface area contributed by atoms with Crippen LogP contribution in [0.4, 0.5) is 4.79 Å². The molecular weight excluding hydrogens is 557 g/mol. The minimum Gasteiger partial charge on any atom is -0.447 e. The van der Waals surface area contributed by atoms with Gasteiger partial charge in [-0.05, 0) is 32.8 Å². The summed E-state index contributed by atoms with van der Waals surface area (Å²) < 4.78 is 15.5. The van der Waals surface area contributed by atoms with Crippen LogP contribution in [0.15, 0.2) is 60.7 Å². The summed E-state index contributed by atoms with van der Waals surface area (Å²) in [5.74, 6) is 0.0156. The lowest BCUT2D eigenvalue weighted by molar-refractivity contribution is -0.156. The molecule has 4 rings (SSSR count). The Kier molecular flexibility index (Phi) is 9.22. The van der Waals surface area contributed by atoms with Crippen LogP contribution in [0, 0.1) is 0 Å². The van der Waals surface area contributed by atoms with Crippen molar-refractivity contribution in [3.05, 3.63) is 71.8 Å². The number of benzene rings is 2. The van der Waals surface area contributed by atoms with Gasteiger partial charge in [0.1, 0.15) is 12.6 Å². The molecule has 8 heteroatoms. The summed E-state index contributed by atoms with van der Waals surface area (Å²) in [4.78, 5) is 29.8. The molecule has 2 fully saturated rings. The van der Waals surface area contributed by atoms with Gasteiger partial charge < -0.3 is 13.7 Å². The van der Waals surface area contributed by atoms with Gasteiger partial charge in [0.15, 0.2) is 8.24 Å². The molecule has 0 unspecified atom stereocenters. The molecule has 2 heterocycles. The lowest BCUT2D eigenvalue weighted by atomic mass is 9.87. The molecule has 230 valence electrons. The molecule has 42 heavy (non-hydrogen) atoms. The van der Waals surface area contributed by atoms with Crippen LogP contribution < -0.4 is 0 Å². The standard InChI is InChI=1S/C34H52N2O4Si2/c1-23(2)42(24(3)4,25(5)6)40-31(27-20-16-13-17-21-27)29-30(32(37)36(29)41(10,11)34(7,8)9)35-28(22-39-33(35)38)26-18-14-12-15-19-26/h12-21,23-25,28-31H,22H2,1-11H3/t28-,29-,30+,31+/m1/s1. The fraction of sp³-hybridized carbons (Fsp3) is 0.588. The molecule has 2 aliphatic heterocycles. The number of hydrogen-bond acceptors (Lipinski definition) is 4. The number of hydrogen-bond donors (Lipinski definition) is 0. The minimum atomic E-state index is -2.40. The summed E-state index contributed by atoms with van der Waals surface area (Å²) in [5, 5.41) is -0.0832. The van der Waals surface area contributed by atoms with Crippen molar-refractivity contribution >= 4 is 28.6 Å². The number of β-lactam (4-membered cyclic amide) rings is 1. The largest absolute Gasteiger partial charge is 0.447 e. The van der Waals surface area contributed by atoms with Gasteiger partial charge in [0.05, 0.1) is 18.2 Å². The molecule has 2 aromatic carbocycles. The number of ether oxygens (including phenoxy) is 1. The summed E-state index contributed by atoms with van der Waals surface area (Å²) in [5.41, 5.74) is 3.15. The molecule has 2 aromatic rings. The number of carbonyl (C=O) groups excluding carboxylic acids is 2. The zero-order valence-corrected chi connectivity index (χ0v) is 29.5. The van der Waals surface area contributed by atoms with E-state index in [9.17, 15) is 9.59 Å². The van der Waals surface area contributed by atoms with Crippen LogP contribution in [0.5, 0.6) is 0 Å². The minimum absolute atomic E-state index is 0.0156. The van der Waals surface area contributed by atoms with E-state index in [1.807, 2.05) is 36.4 Å². The van der Waals surface area contributed by atoms with E-state index in [1.165, 1.54) is 0 Å². The monoisotopic (exact) mass is 608 g/mol. The van der Waals surface area contributed by atoms with E-state index in [4.69, 9.17) is 9.16 Å². The Hall–Kier alpha value is -2.43. The molecule has 0 spiro atoms. The zero-order chi connectivity index (χ0) is 31.2. The number of rotatable bonds is 10. The number of carbonyl (C=O) groups is 2. The first kappa shape index (κ1) is 32.5. The number of cyclic esters (lactones) is 1. The molecule has 4 atom stereocenters. The molecule has 0 aromatic heterocycles. The molecule has 6 nitrogen and oxygen atoms in total. The van der Waals surface area contributed by atoms with Crippen molar-refractivity contribution in [1.29, 1.82) is 0 Å². The van der Waals surface area contributed by atoms with Gasteiger partial charge in [-0.15, -0.1) is 0 Å². The van der Waals surface area contributed by atoms with Crippen LogP contribution in [0.1, 0.15) is 85.6 Å². The maximum atomic E-state index is 14.5. The van der Waals surface area contributed by atoms with E-state index in [1.54, 1.807) is 4.90 Å². The highest BCUT2D eigenvalue weighted by Crippen LogP contribution is 2.53. The third-order valence-corrected chi connectivity index (χ3v) is 21.9. The van der Waals surface area contributed by atoms with E-state index in [0.29, 0.717) is 16.6 Å². The predicted octanol–water partition coefficient (Wildman–Crippen LogP) is 8.70. The molecular formula is C34H52N2O4Si2. The second-order valence-electron chi connectivity index (χ2n) is 14.6. The highest BCUT2D eigenvalue weighted by molar-refractivity contribution is 6.80. The third kappa shape index (κ3) is 5.39. The second-order valence-corrected chi connectivity index (χ2v) is 25.1. The topological polar surface area (TPSA) is 59.1 Å². The molecule has 2 saturated heterocycles. The molecule has 0 radical (unpaired) electrons. The third-order valence-electron chi connectivity index (χ3n) is 10.4. The van der Waals surface area contributed by atoms with Crippen LogP contribution in [0.3, 0.4) is 0 Å². The normalized spacial score (nSPS) is 22.7. The molecule has 2 aliphatic rings. The lowest BCUT2D eigenvalue weighted by Gasteiger charge is -2.62. The van der Waals surface area contributed by atoms with Gasteiger partial charge in [-0.25, -0.2) is 4.79 Å². The van der Waals surface area contributed by atoms with Crippen molar-refractivity contribution < 1.29 is 18.8 Å². The number of nitrogens with zero attached hydrogens (tertiary/aromatic N) is 2. The molecule has 0 aliphatic carbocycles. The van der Waals surface area contributed by atoms with Gasteiger partial charge in [0.2, 0.25) is 14.2 Å².